The van der Waals surface area contributed by atoms with Gasteiger partial charge in [-0.25, -0.2) is 0 Å². The van der Waals surface area contributed by atoms with E-state index in [4.69, 9.17) is 4.43 Å². The molecular formula is C28H32O2Si. The van der Waals surface area contributed by atoms with Gasteiger partial charge in [-0.3, -0.25) is 0 Å². The minimum Gasteiger partial charge on any atom is -0.404 e. The fourth-order valence-corrected chi connectivity index (χ4v) is 7.41. The quantitative estimate of drug-likeness (QED) is 0.414. The lowest BCUT2D eigenvalue weighted by molar-refractivity contribution is 0.125. The maximum Gasteiger partial charge on any atom is 0.214 e. The number of hydrogen-bond donors (Lipinski definition) is 1. The van der Waals surface area contributed by atoms with Crippen molar-refractivity contribution in [2.45, 2.75) is 63.5 Å². The van der Waals surface area contributed by atoms with Crippen LogP contribution in [-0.4, -0.2) is 26.4 Å². The molecule has 2 unspecified atom stereocenters. The first-order valence-corrected chi connectivity index (χ1v) is 12.9. The highest BCUT2D eigenvalue weighted by Crippen LogP contribution is 2.49. The molecule has 1 N–H and O–H groups in total. The molecule has 31 heavy (non-hydrogen) atoms. The molecule has 3 heteroatoms. The van der Waals surface area contributed by atoms with E-state index < -0.39 is 14.6 Å². The standard InChI is InChI=1S/C28H32O2Si/c1-27(2,3)31(22-14-6-4-7-15-22)30-21-13-12-20-28(29)25-18-9-5-8-16-23(25)24-17-10-11-19-26(24)28/h4-7,10,14-15,17-18,29,31H,8,11,16,19-21H2,1-3H3. The average Bonchev–Trinajstić information content (AvgIpc) is 2.91. The molecule has 0 heterocycles. The van der Waals surface area contributed by atoms with Crippen LogP contribution in [0.2, 0.25) is 5.04 Å². The molecule has 0 amide bonds. The lowest BCUT2D eigenvalue weighted by Crippen LogP contribution is -2.41. The topological polar surface area (TPSA) is 29.5 Å². The first-order valence-electron chi connectivity index (χ1n) is 11.3. The van der Waals surface area contributed by atoms with Crippen LogP contribution in [0.15, 0.2) is 82.7 Å². The van der Waals surface area contributed by atoms with Crippen LogP contribution in [0.25, 0.3) is 0 Å². The first-order chi connectivity index (χ1) is 14.9. The van der Waals surface area contributed by atoms with Gasteiger partial charge in [0, 0.05) is 12.0 Å². The molecule has 3 aliphatic carbocycles. The molecule has 0 radical (unpaired) electrons. The van der Waals surface area contributed by atoms with Crippen molar-refractivity contribution >= 4 is 14.2 Å². The molecule has 0 saturated heterocycles. The summed E-state index contributed by atoms with van der Waals surface area (Å²) >= 11 is 0. The largest absolute Gasteiger partial charge is 0.404 e. The fourth-order valence-electron chi connectivity index (χ4n) is 4.89. The van der Waals surface area contributed by atoms with Crippen molar-refractivity contribution in [3.63, 3.8) is 0 Å². The highest BCUT2D eigenvalue weighted by molar-refractivity contribution is 6.70. The van der Waals surface area contributed by atoms with Crippen molar-refractivity contribution in [2.75, 3.05) is 6.61 Å². The summed E-state index contributed by atoms with van der Waals surface area (Å²) in [5.41, 5.74) is 6.91. The van der Waals surface area contributed by atoms with E-state index in [1.165, 1.54) is 16.3 Å². The molecule has 0 fully saturated rings. The molecule has 0 aromatic heterocycles. The summed E-state index contributed by atoms with van der Waals surface area (Å²) in [7, 11) is -1.64. The summed E-state index contributed by atoms with van der Waals surface area (Å²) in [6.07, 6.45) is 12.7. The summed E-state index contributed by atoms with van der Waals surface area (Å²) in [5, 5.41) is 13.2. The van der Waals surface area contributed by atoms with Crippen LogP contribution in [0.5, 0.6) is 0 Å². The Balaban J connectivity index is 1.50. The third-order valence-corrected chi connectivity index (χ3v) is 9.39. The Hall–Kier alpha value is -2.34. The maximum atomic E-state index is 11.8. The number of allylic oxidation sites excluding steroid dienone is 4. The van der Waals surface area contributed by atoms with E-state index in [9.17, 15) is 5.11 Å². The van der Waals surface area contributed by atoms with Crippen molar-refractivity contribution < 1.29 is 9.53 Å². The second kappa shape index (κ2) is 9.03. The third kappa shape index (κ3) is 4.49. The number of fused-ring (bicyclic) bond motifs is 1. The van der Waals surface area contributed by atoms with Gasteiger partial charge in [0.1, 0.15) is 5.60 Å². The SMILES string of the molecule is CC(C)(C)[SiH](OCC#CCC1(O)C2=C(CCC=C=C2)C2=C1CCC=C2)c1ccccc1. The smallest absolute Gasteiger partial charge is 0.214 e. The molecule has 1 aromatic rings. The zero-order chi connectivity index (χ0) is 21.9. The first kappa shape index (κ1) is 21.9. The zero-order valence-corrected chi connectivity index (χ0v) is 20.0. The van der Waals surface area contributed by atoms with E-state index in [2.05, 4.69) is 80.8 Å². The lowest BCUT2D eigenvalue weighted by Gasteiger charge is -2.29. The van der Waals surface area contributed by atoms with Crippen LogP contribution in [0.3, 0.4) is 0 Å². The van der Waals surface area contributed by atoms with Crippen LogP contribution < -0.4 is 5.19 Å². The summed E-state index contributed by atoms with van der Waals surface area (Å²) in [4.78, 5) is 0. The van der Waals surface area contributed by atoms with Gasteiger partial charge in [0.2, 0.25) is 9.04 Å². The van der Waals surface area contributed by atoms with Gasteiger partial charge < -0.3 is 9.53 Å². The molecule has 2 atom stereocenters. The van der Waals surface area contributed by atoms with Crippen LogP contribution in [0, 0.1) is 11.8 Å². The van der Waals surface area contributed by atoms with Gasteiger partial charge in [0.05, 0.1) is 6.61 Å². The minimum atomic E-state index is -1.64. The Kier molecular flexibility index (Phi) is 6.37. The van der Waals surface area contributed by atoms with Gasteiger partial charge in [-0.05, 0) is 64.8 Å². The van der Waals surface area contributed by atoms with Crippen LogP contribution in [0.4, 0.5) is 0 Å². The number of benzene rings is 1. The number of rotatable bonds is 4. The molecular weight excluding hydrogens is 396 g/mol. The van der Waals surface area contributed by atoms with Crippen LogP contribution in [-0.2, 0) is 4.43 Å². The molecule has 0 saturated carbocycles. The Bertz CT molecular complexity index is 1050. The molecule has 0 bridgehead atoms. The van der Waals surface area contributed by atoms with Gasteiger partial charge in [0.15, 0.2) is 0 Å². The van der Waals surface area contributed by atoms with E-state index >= 15 is 0 Å². The average molecular weight is 429 g/mol. The van der Waals surface area contributed by atoms with Crippen molar-refractivity contribution in [2.24, 2.45) is 0 Å². The number of aliphatic hydroxyl groups is 1. The van der Waals surface area contributed by atoms with Crippen molar-refractivity contribution in [1.82, 2.24) is 0 Å². The summed E-state index contributed by atoms with van der Waals surface area (Å²) in [5.74, 6) is 6.47. The normalized spacial score (nSPS) is 23.2. The lowest BCUT2D eigenvalue weighted by atomic mass is 9.82. The minimum absolute atomic E-state index is 0.109. The van der Waals surface area contributed by atoms with E-state index in [-0.39, 0.29) is 5.04 Å². The summed E-state index contributed by atoms with van der Waals surface area (Å²) in [6.45, 7) is 7.15. The van der Waals surface area contributed by atoms with Crippen LogP contribution >= 0.6 is 0 Å². The molecule has 2 nitrogen and oxygen atoms in total. The van der Waals surface area contributed by atoms with E-state index in [1.54, 1.807) is 0 Å². The predicted molar refractivity (Wildman–Crippen MR) is 131 cm³/mol. The monoisotopic (exact) mass is 428 g/mol. The van der Waals surface area contributed by atoms with Gasteiger partial charge >= 0.3 is 0 Å². The second-order valence-electron chi connectivity index (χ2n) is 9.64. The Morgan fingerprint density at radius 3 is 2.71 bits per heavy atom. The summed E-state index contributed by atoms with van der Waals surface area (Å²) < 4.78 is 6.35. The molecule has 0 aliphatic heterocycles. The zero-order valence-electron chi connectivity index (χ0n) is 18.9. The molecule has 1 aromatic carbocycles. The summed E-state index contributed by atoms with van der Waals surface area (Å²) in [6, 6.07) is 10.5. The maximum absolute atomic E-state index is 11.8. The van der Waals surface area contributed by atoms with Crippen molar-refractivity contribution in [3.05, 3.63) is 82.7 Å². The highest BCUT2D eigenvalue weighted by Gasteiger charge is 2.43. The van der Waals surface area contributed by atoms with Crippen molar-refractivity contribution in [3.8, 4) is 11.8 Å². The molecule has 3 aliphatic rings. The van der Waals surface area contributed by atoms with E-state index in [1.807, 2.05) is 12.1 Å². The number of hydrogen-bond acceptors (Lipinski definition) is 2. The van der Waals surface area contributed by atoms with Crippen LogP contribution in [0.1, 0.15) is 52.9 Å². The predicted octanol–water partition coefficient (Wildman–Crippen LogP) is 5.02. The third-order valence-electron chi connectivity index (χ3n) is 6.33. The van der Waals surface area contributed by atoms with Gasteiger partial charge in [0.25, 0.3) is 0 Å². The van der Waals surface area contributed by atoms with Gasteiger partial charge in [-0.2, -0.15) is 0 Å². The van der Waals surface area contributed by atoms with E-state index in [0.29, 0.717) is 13.0 Å². The van der Waals surface area contributed by atoms with Gasteiger partial charge in [-0.1, -0.05) is 75.1 Å². The molecule has 160 valence electrons. The molecule has 0 spiro atoms. The fraction of sp³-hybridized carbons (Fsp3) is 0.393. The highest BCUT2D eigenvalue weighted by atomic mass is 28.3. The van der Waals surface area contributed by atoms with E-state index in [0.717, 1.165) is 36.8 Å². The van der Waals surface area contributed by atoms with Gasteiger partial charge in [-0.15, -0.1) is 5.73 Å². The Morgan fingerprint density at radius 2 is 1.94 bits per heavy atom. The van der Waals surface area contributed by atoms with Crippen molar-refractivity contribution in [1.29, 1.82) is 0 Å². The Morgan fingerprint density at radius 1 is 1.13 bits per heavy atom. The molecule has 4 rings (SSSR count). The second-order valence-corrected chi connectivity index (χ2v) is 13.1. The Labute approximate surface area is 188 Å².